The van der Waals surface area contributed by atoms with Crippen LogP contribution in [0.4, 0.5) is 0 Å². The van der Waals surface area contributed by atoms with Crippen LogP contribution < -0.4 is 0 Å². The first kappa shape index (κ1) is 16.0. The summed E-state index contributed by atoms with van der Waals surface area (Å²) in [6, 6.07) is 0. The van der Waals surface area contributed by atoms with Crippen LogP contribution in [0.15, 0.2) is 0 Å². The highest BCUT2D eigenvalue weighted by Gasteiger charge is 2.23. The Morgan fingerprint density at radius 1 is 1.32 bits per heavy atom. The standard InChI is InChI=1S/C14H25NO4/c1-19-10-3-2-6-13(16)15-9-4-5-12(11-15)7-8-14(17)18/h12H,2-11H2,1H3,(H,17,18). The molecule has 1 heterocycles. The van der Waals surface area contributed by atoms with Gasteiger partial charge in [-0.2, -0.15) is 0 Å². The van der Waals surface area contributed by atoms with Gasteiger partial charge in [0.05, 0.1) is 0 Å². The Hall–Kier alpha value is -1.10. The number of unbranched alkanes of at least 4 members (excludes halogenated alkanes) is 1. The number of carbonyl (C=O) groups is 2. The topological polar surface area (TPSA) is 66.8 Å². The number of methoxy groups -OCH3 is 1. The minimum Gasteiger partial charge on any atom is -0.481 e. The molecule has 0 radical (unpaired) electrons. The smallest absolute Gasteiger partial charge is 0.303 e. The zero-order chi connectivity index (χ0) is 14.1. The highest BCUT2D eigenvalue weighted by atomic mass is 16.5. The minimum atomic E-state index is -0.747. The highest BCUT2D eigenvalue weighted by Crippen LogP contribution is 2.21. The first-order valence-corrected chi connectivity index (χ1v) is 7.12. The van der Waals surface area contributed by atoms with E-state index in [1.807, 2.05) is 4.90 Å². The molecule has 0 aromatic carbocycles. The first-order valence-electron chi connectivity index (χ1n) is 7.12. The Labute approximate surface area is 114 Å². The fraction of sp³-hybridized carbons (Fsp3) is 0.857. The average Bonchev–Trinajstić information content (AvgIpc) is 2.41. The molecule has 19 heavy (non-hydrogen) atoms. The van der Waals surface area contributed by atoms with Crippen molar-refractivity contribution in [1.82, 2.24) is 4.90 Å². The van der Waals surface area contributed by atoms with E-state index in [4.69, 9.17) is 9.84 Å². The van der Waals surface area contributed by atoms with Gasteiger partial charge in [0.15, 0.2) is 0 Å². The Bertz CT molecular complexity index is 293. The molecule has 1 aliphatic heterocycles. The van der Waals surface area contributed by atoms with Crippen molar-refractivity contribution in [3.05, 3.63) is 0 Å². The zero-order valence-corrected chi connectivity index (χ0v) is 11.8. The lowest BCUT2D eigenvalue weighted by Crippen LogP contribution is -2.39. The molecule has 1 amide bonds. The molecule has 1 aliphatic rings. The molecule has 0 spiro atoms. The predicted octanol–water partition coefficient (Wildman–Crippen LogP) is 1.91. The van der Waals surface area contributed by atoms with Crippen molar-refractivity contribution in [2.75, 3.05) is 26.8 Å². The van der Waals surface area contributed by atoms with E-state index in [2.05, 4.69) is 0 Å². The third-order valence-corrected chi connectivity index (χ3v) is 3.63. The van der Waals surface area contributed by atoms with Crippen molar-refractivity contribution >= 4 is 11.9 Å². The van der Waals surface area contributed by atoms with Crippen molar-refractivity contribution in [3.8, 4) is 0 Å². The van der Waals surface area contributed by atoms with Gasteiger partial charge >= 0.3 is 5.97 Å². The SMILES string of the molecule is COCCCCC(=O)N1CCCC(CCC(=O)O)C1. The number of nitrogens with zero attached hydrogens (tertiary/aromatic N) is 1. The van der Waals surface area contributed by atoms with Crippen LogP contribution in [0.25, 0.3) is 0 Å². The molecule has 0 bridgehead atoms. The summed E-state index contributed by atoms with van der Waals surface area (Å²) in [5.74, 6) is -0.188. The van der Waals surface area contributed by atoms with E-state index >= 15 is 0 Å². The summed E-state index contributed by atoms with van der Waals surface area (Å²) in [6.07, 6.45) is 5.29. The van der Waals surface area contributed by atoms with Crippen LogP contribution in [0.5, 0.6) is 0 Å². The number of ether oxygens (including phenoxy) is 1. The summed E-state index contributed by atoms with van der Waals surface area (Å²) in [6.45, 7) is 2.26. The fourth-order valence-electron chi connectivity index (χ4n) is 2.54. The van der Waals surface area contributed by atoms with Gasteiger partial charge in [0.25, 0.3) is 0 Å². The lowest BCUT2D eigenvalue weighted by atomic mass is 9.93. The molecule has 1 unspecified atom stereocenters. The highest BCUT2D eigenvalue weighted by molar-refractivity contribution is 5.76. The average molecular weight is 271 g/mol. The maximum Gasteiger partial charge on any atom is 0.303 e. The van der Waals surface area contributed by atoms with Crippen LogP contribution in [0, 0.1) is 5.92 Å². The molecule has 5 nitrogen and oxygen atoms in total. The maximum atomic E-state index is 12.0. The third-order valence-electron chi connectivity index (χ3n) is 3.63. The summed E-state index contributed by atoms with van der Waals surface area (Å²) >= 11 is 0. The minimum absolute atomic E-state index is 0.205. The van der Waals surface area contributed by atoms with Crippen LogP contribution in [0.2, 0.25) is 0 Å². The van der Waals surface area contributed by atoms with E-state index in [0.29, 0.717) is 25.4 Å². The van der Waals surface area contributed by atoms with Crippen molar-refractivity contribution in [2.24, 2.45) is 5.92 Å². The largest absolute Gasteiger partial charge is 0.481 e. The second-order valence-corrected chi connectivity index (χ2v) is 5.23. The molecule has 0 aromatic heterocycles. The Balaban J connectivity index is 2.24. The molecular formula is C14H25NO4. The third kappa shape index (κ3) is 6.57. The van der Waals surface area contributed by atoms with E-state index in [9.17, 15) is 9.59 Å². The number of piperidine rings is 1. The van der Waals surface area contributed by atoms with Crippen molar-refractivity contribution in [2.45, 2.75) is 44.9 Å². The summed E-state index contributed by atoms with van der Waals surface area (Å²) in [5.41, 5.74) is 0. The molecule has 5 heteroatoms. The first-order chi connectivity index (χ1) is 9.13. The van der Waals surface area contributed by atoms with E-state index < -0.39 is 5.97 Å². The molecule has 1 atom stereocenters. The molecule has 1 fully saturated rings. The maximum absolute atomic E-state index is 12.0. The number of aliphatic carboxylic acids is 1. The lowest BCUT2D eigenvalue weighted by molar-refractivity contribution is -0.137. The molecule has 110 valence electrons. The van der Waals surface area contributed by atoms with Gasteiger partial charge in [0.2, 0.25) is 5.91 Å². The number of likely N-dealkylation sites (tertiary alicyclic amines) is 1. The van der Waals surface area contributed by atoms with Gasteiger partial charge in [-0.15, -0.1) is 0 Å². The van der Waals surface area contributed by atoms with Crippen molar-refractivity contribution < 1.29 is 19.4 Å². The number of amides is 1. The second-order valence-electron chi connectivity index (χ2n) is 5.23. The normalized spacial score (nSPS) is 19.4. The van der Waals surface area contributed by atoms with Crippen molar-refractivity contribution in [1.29, 1.82) is 0 Å². The molecular weight excluding hydrogens is 246 g/mol. The number of hydrogen-bond acceptors (Lipinski definition) is 3. The Kier molecular flexibility index (Phi) is 7.48. The lowest BCUT2D eigenvalue weighted by Gasteiger charge is -2.32. The molecule has 1 saturated heterocycles. The second kappa shape index (κ2) is 8.91. The van der Waals surface area contributed by atoms with Gasteiger partial charge in [-0.1, -0.05) is 0 Å². The number of carboxylic acids is 1. The predicted molar refractivity (Wildman–Crippen MR) is 71.9 cm³/mol. The Morgan fingerprint density at radius 3 is 2.79 bits per heavy atom. The summed E-state index contributed by atoms with van der Waals surface area (Å²) in [7, 11) is 1.67. The molecule has 0 aromatic rings. The Morgan fingerprint density at radius 2 is 2.11 bits per heavy atom. The summed E-state index contributed by atoms with van der Waals surface area (Å²) in [5, 5.41) is 8.69. The van der Waals surface area contributed by atoms with Gasteiger partial charge in [0, 0.05) is 39.6 Å². The monoisotopic (exact) mass is 271 g/mol. The van der Waals surface area contributed by atoms with Crippen LogP contribution in [0.1, 0.15) is 44.9 Å². The van der Waals surface area contributed by atoms with Crippen LogP contribution >= 0.6 is 0 Å². The van der Waals surface area contributed by atoms with Crippen molar-refractivity contribution in [3.63, 3.8) is 0 Å². The van der Waals surface area contributed by atoms with Gasteiger partial charge in [-0.25, -0.2) is 0 Å². The molecule has 1 rings (SSSR count). The zero-order valence-electron chi connectivity index (χ0n) is 11.8. The van der Waals surface area contributed by atoms with Gasteiger partial charge in [-0.3, -0.25) is 9.59 Å². The number of carbonyl (C=O) groups excluding carboxylic acids is 1. The fourth-order valence-corrected chi connectivity index (χ4v) is 2.54. The molecule has 0 aliphatic carbocycles. The number of rotatable bonds is 8. The van der Waals surface area contributed by atoms with Gasteiger partial charge in [-0.05, 0) is 38.0 Å². The molecule has 0 saturated carbocycles. The number of hydrogen-bond donors (Lipinski definition) is 1. The molecule has 1 N–H and O–H groups in total. The van der Waals surface area contributed by atoms with E-state index in [-0.39, 0.29) is 12.3 Å². The van der Waals surface area contributed by atoms with Gasteiger partial charge < -0.3 is 14.7 Å². The summed E-state index contributed by atoms with van der Waals surface area (Å²) in [4.78, 5) is 24.5. The van der Waals surface area contributed by atoms with E-state index in [1.54, 1.807) is 7.11 Å². The van der Waals surface area contributed by atoms with Gasteiger partial charge in [0.1, 0.15) is 0 Å². The van der Waals surface area contributed by atoms with E-state index in [0.717, 1.165) is 38.8 Å². The summed E-state index contributed by atoms with van der Waals surface area (Å²) < 4.78 is 4.96. The van der Waals surface area contributed by atoms with Crippen LogP contribution in [-0.4, -0.2) is 48.7 Å². The van der Waals surface area contributed by atoms with E-state index in [1.165, 1.54) is 0 Å². The quantitative estimate of drug-likeness (QED) is 0.685. The number of carboxylic acid groups (broad SMARTS) is 1. The van der Waals surface area contributed by atoms with Crippen LogP contribution in [-0.2, 0) is 14.3 Å². The van der Waals surface area contributed by atoms with Crippen LogP contribution in [0.3, 0.4) is 0 Å².